The summed E-state index contributed by atoms with van der Waals surface area (Å²) in [5, 5.41) is 9.34. The molecule has 106 valence electrons. The summed E-state index contributed by atoms with van der Waals surface area (Å²) in [5.74, 6) is -0.442. The Morgan fingerprint density at radius 1 is 1.42 bits per heavy atom. The van der Waals surface area contributed by atoms with E-state index in [1.807, 2.05) is 0 Å². The van der Waals surface area contributed by atoms with Crippen LogP contribution in [0.5, 0.6) is 5.75 Å². The normalized spacial score (nSPS) is 23.8. The average Bonchev–Trinajstić information content (AvgIpc) is 2.37. The van der Waals surface area contributed by atoms with Crippen LogP contribution in [0.1, 0.15) is 30.9 Å². The molecule has 2 rings (SSSR count). The lowest BCUT2D eigenvalue weighted by atomic mass is 10.0. The Labute approximate surface area is 112 Å². The molecule has 0 spiro atoms. The molecule has 1 aromatic rings. The number of benzene rings is 1. The third-order valence-corrected chi connectivity index (χ3v) is 5.77. The van der Waals surface area contributed by atoms with Gasteiger partial charge in [-0.2, -0.15) is 0 Å². The van der Waals surface area contributed by atoms with Gasteiger partial charge in [0.2, 0.25) is 0 Å². The number of aliphatic hydroxyl groups is 1. The maximum Gasteiger partial charge on any atom is 0.165 e. The maximum absolute atomic E-state index is 13.6. The fraction of sp³-hybridized carbons (Fsp3) is 0.538. The number of ether oxygens (including phenoxy) is 1. The second kappa shape index (κ2) is 5.46. The molecule has 1 N–H and O–H groups in total. The van der Waals surface area contributed by atoms with E-state index >= 15 is 0 Å². The minimum absolute atomic E-state index is 0.0717. The van der Waals surface area contributed by atoms with Crippen LogP contribution < -0.4 is 4.74 Å². The highest BCUT2D eigenvalue weighted by molar-refractivity contribution is 7.92. The van der Waals surface area contributed by atoms with Gasteiger partial charge in [0.15, 0.2) is 21.4 Å². The third kappa shape index (κ3) is 2.90. The van der Waals surface area contributed by atoms with E-state index in [1.165, 1.54) is 19.2 Å². The third-order valence-electron chi connectivity index (χ3n) is 3.50. The molecule has 2 atom stereocenters. The molecule has 1 aromatic carbocycles. The number of halogens is 1. The molecule has 0 aromatic heterocycles. The van der Waals surface area contributed by atoms with Crippen molar-refractivity contribution in [3.05, 3.63) is 29.6 Å². The van der Waals surface area contributed by atoms with Crippen molar-refractivity contribution in [1.82, 2.24) is 0 Å². The molecule has 0 radical (unpaired) electrons. The topological polar surface area (TPSA) is 63.6 Å². The maximum atomic E-state index is 13.6. The lowest BCUT2D eigenvalue weighted by Crippen LogP contribution is -2.33. The fourth-order valence-electron chi connectivity index (χ4n) is 2.42. The molecule has 0 bridgehead atoms. The van der Waals surface area contributed by atoms with Gasteiger partial charge in [-0.1, -0.05) is 12.5 Å². The molecule has 4 nitrogen and oxygen atoms in total. The van der Waals surface area contributed by atoms with Gasteiger partial charge in [0.25, 0.3) is 0 Å². The largest absolute Gasteiger partial charge is 0.494 e. The smallest absolute Gasteiger partial charge is 0.165 e. The Bertz CT molecular complexity index is 556. The summed E-state index contributed by atoms with van der Waals surface area (Å²) in [6.07, 6.45) is 0.616. The Morgan fingerprint density at radius 2 is 2.16 bits per heavy atom. The van der Waals surface area contributed by atoms with Crippen LogP contribution in [-0.2, 0) is 9.84 Å². The Kier molecular flexibility index (Phi) is 4.10. The molecule has 1 aliphatic heterocycles. The molecule has 1 saturated heterocycles. The van der Waals surface area contributed by atoms with Gasteiger partial charge < -0.3 is 9.84 Å². The molecule has 2 unspecified atom stereocenters. The fourth-order valence-corrected chi connectivity index (χ4v) is 4.40. The highest BCUT2D eigenvalue weighted by atomic mass is 32.2. The molecule has 0 saturated carbocycles. The Hall–Kier alpha value is -1.14. The summed E-state index contributed by atoms with van der Waals surface area (Å²) < 4.78 is 42.2. The average molecular weight is 288 g/mol. The molecule has 6 heteroatoms. The summed E-state index contributed by atoms with van der Waals surface area (Å²) in [5.41, 5.74) is 0.272. The van der Waals surface area contributed by atoms with Gasteiger partial charge in [-0.25, -0.2) is 12.8 Å². The van der Waals surface area contributed by atoms with Crippen LogP contribution in [-0.4, -0.2) is 31.6 Å². The van der Waals surface area contributed by atoms with Crippen molar-refractivity contribution in [2.75, 3.05) is 12.9 Å². The number of hydrogen-bond donors (Lipinski definition) is 1. The van der Waals surface area contributed by atoms with Crippen LogP contribution in [0.3, 0.4) is 0 Å². The summed E-state index contributed by atoms with van der Waals surface area (Å²) in [6, 6.07) is 4.02. The minimum Gasteiger partial charge on any atom is -0.494 e. The molecule has 1 fully saturated rings. The monoisotopic (exact) mass is 288 g/mol. The van der Waals surface area contributed by atoms with Crippen LogP contribution in [0.25, 0.3) is 0 Å². The minimum atomic E-state index is -3.30. The van der Waals surface area contributed by atoms with Gasteiger partial charge in [0, 0.05) is 0 Å². The molecule has 0 amide bonds. The van der Waals surface area contributed by atoms with E-state index in [9.17, 15) is 17.9 Å². The highest BCUT2D eigenvalue weighted by Gasteiger charge is 2.35. The van der Waals surface area contributed by atoms with Crippen LogP contribution in [0.2, 0.25) is 0 Å². The van der Waals surface area contributed by atoms with E-state index in [4.69, 9.17) is 4.74 Å². The van der Waals surface area contributed by atoms with Crippen molar-refractivity contribution in [3.8, 4) is 5.75 Å². The first-order chi connectivity index (χ1) is 8.95. The Morgan fingerprint density at radius 3 is 2.74 bits per heavy atom. The van der Waals surface area contributed by atoms with Crippen molar-refractivity contribution >= 4 is 9.84 Å². The van der Waals surface area contributed by atoms with E-state index < -0.39 is 27.0 Å². The SMILES string of the molecule is COc1ccc(C(O)C2CCCCS2(=O)=O)cc1F. The molecular weight excluding hydrogens is 271 g/mol. The predicted molar refractivity (Wildman–Crippen MR) is 69.3 cm³/mol. The first-order valence-corrected chi connectivity index (χ1v) is 7.90. The summed E-state index contributed by atoms with van der Waals surface area (Å²) in [4.78, 5) is 0. The number of rotatable bonds is 3. The van der Waals surface area contributed by atoms with E-state index in [2.05, 4.69) is 0 Å². The van der Waals surface area contributed by atoms with Crippen molar-refractivity contribution in [1.29, 1.82) is 0 Å². The molecule has 0 aliphatic carbocycles. The Balaban J connectivity index is 2.28. The van der Waals surface area contributed by atoms with Crippen LogP contribution in [0, 0.1) is 5.82 Å². The van der Waals surface area contributed by atoms with Gasteiger partial charge in [-0.05, 0) is 30.5 Å². The second-order valence-corrected chi connectivity index (χ2v) is 7.08. The molecule has 1 heterocycles. The van der Waals surface area contributed by atoms with Crippen LogP contribution in [0.15, 0.2) is 18.2 Å². The second-order valence-electron chi connectivity index (χ2n) is 4.74. The first-order valence-electron chi connectivity index (χ1n) is 6.19. The van der Waals surface area contributed by atoms with Gasteiger partial charge in [-0.15, -0.1) is 0 Å². The van der Waals surface area contributed by atoms with Crippen molar-refractivity contribution in [2.45, 2.75) is 30.6 Å². The summed E-state index contributed by atoms with van der Waals surface area (Å²) in [6.45, 7) is 0. The van der Waals surface area contributed by atoms with E-state index in [-0.39, 0.29) is 17.1 Å². The number of methoxy groups -OCH3 is 1. The summed E-state index contributed by atoms with van der Waals surface area (Å²) in [7, 11) is -1.96. The molecule has 19 heavy (non-hydrogen) atoms. The molecular formula is C13H17FO4S. The van der Waals surface area contributed by atoms with Crippen molar-refractivity contribution in [2.24, 2.45) is 0 Å². The zero-order chi connectivity index (χ0) is 14.0. The zero-order valence-electron chi connectivity index (χ0n) is 10.7. The quantitative estimate of drug-likeness (QED) is 0.921. The van der Waals surface area contributed by atoms with E-state index in [0.717, 1.165) is 12.5 Å². The van der Waals surface area contributed by atoms with Gasteiger partial charge in [0.1, 0.15) is 0 Å². The highest BCUT2D eigenvalue weighted by Crippen LogP contribution is 2.32. The molecule has 1 aliphatic rings. The zero-order valence-corrected chi connectivity index (χ0v) is 11.5. The lowest BCUT2D eigenvalue weighted by Gasteiger charge is -2.27. The van der Waals surface area contributed by atoms with Crippen LogP contribution in [0.4, 0.5) is 4.39 Å². The van der Waals surface area contributed by atoms with Crippen molar-refractivity contribution in [3.63, 3.8) is 0 Å². The van der Waals surface area contributed by atoms with E-state index in [0.29, 0.717) is 12.8 Å². The number of aliphatic hydroxyl groups excluding tert-OH is 1. The summed E-state index contributed by atoms with van der Waals surface area (Å²) >= 11 is 0. The van der Waals surface area contributed by atoms with Crippen molar-refractivity contribution < 1.29 is 22.7 Å². The van der Waals surface area contributed by atoms with Gasteiger partial charge in [0.05, 0.1) is 24.2 Å². The van der Waals surface area contributed by atoms with Gasteiger partial charge in [-0.3, -0.25) is 0 Å². The number of sulfone groups is 1. The van der Waals surface area contributed by atoms with Gasteiger partial charge >= 0.3 is 0 Å². The van der Waals surface area contributed by atoms with E-state index in [1.54, 1.807) is 0 Å². The number of hydrogen-bond acceptors (Lipinski definition) is 4. The van der Waals surface area contributed by atoms with Crippen LogP contribution >= 0.6 is 0 Å². The lowest BCUT2D eigenvalue weighted by molar-refractivity contribution is 0.164. The first kappa shape index (κ1) is 14.3. The standard InChI is InChI=1S/C13H17FO4S/c1-18-11-6-5-9(8-10(11)14)13(15)12-4-2-3-7-19(12,16)17/h5-6,8,12-13,15H,2-4,7H2,1H3. The predicted octanol–water partition coefficient (Wildman–Crippen LogP) is 1.83.